The predicted molar refractivity (Wildman–Crippen MR) is 118 cm³/mol. The molecule has 0 bridgehead atoms. The summed E-state index contributed by atoms with van der Waals surface area (Å²) in [6.07, 6.45) is 1.53. The van der Waals surface area contributed by atoms with E-state index in [0.29, 0.717) is 29.2 Å². The van der Waals surface area contributed by atoms with Crippen molar-refractivity contribution in [3.8, 4) is 11.8 Å². The van der Waals surface area contributed by atoms with Crippen LogP contribution in [0.15, 0.2) is 77.9 Å². The average molecular weight is 412 g/mol. The lowest BCUT2D eigenvalue weighted by atomic mass is 10.1. The summed E-state index contributed by atoms with van der Waals surface area (Å²) in [5.41, 5.74) is 5.76. The summed E-state index contributed by atoms with van der Waals surface area (Å²) in [4.78, 5) is 23.3. The zero-order valence-electron chi connectivity index (χ0n) is 16.8. The Morgan fingerprint density at radius 1 is 1.06 bits per heavy atom. The third-order valence-corrected chi connectivity index (χ3v) is 4.19. The molecule has 3 aromatic rings. The molecule has 2 N–H and O–H groups in total. The average Bonchev–Trinajstić information content (AvgIpc) is 2.78. The number of nitrogens with one attached hydrogen (secondary N) is 2. The third-order valence-electron chi connectivity index (χ3n) is 4.19. The molecular formula is C24H20N4O3. The van der Waals surface area contributed by atoms with E-state index in [-0.39, 0.29) is 11.8 Å². The van der Waals surface area contributed by atoms with Gasteiger partial charge in [0.25, 0.3) is 5.91 Å². The number of ether oxygens (including phenoxy) is 1. The first-order chi connectivity index (χ1) is 15.0. The first-order valence-corrected chi connectivity index (χ1v) is 9.46. The van der Waals surface area contributed by atoms with Crippen molar-refractivity contribution in [3.05, 3.63) is 95.1 Å². The molecule has 31 heavy (non-hydrogen) atoms. The Labute approximate surface area is 180 Å². The van der Waals surface area contributed by atoms with Gasteiger partial charge in [0.2, 0.25) is 5.91 Å². The maximum Gasteiger partial charge on any atom is 0.271 e. The molecule has 154 valence electrons. The van der Waals surface area contributed by atoms with Gasteiger partial charge in [-0.1, -0.05) is 18.2 Å². The molecule has 2 amide bonds. The van der Waals surface area contributed by atoms with Crippen molar-refractivity contribution < 1.29 is 14.3 Å². The van der Waals surface area contributed by atoms with Crippen LogP contribution >= 0.6 is 0 Å². The van der Waals surface area contributed by atoms with E-state index in [2.05, 4.69) is 21.9 Å². The highest BCUT2D eigenvalue weighted by Gasteiger charge is 2.05. The molecule has 0 aliphatic carbocycles. The minimum absolute atomic E-state index is 0.208. The fourth-order valence-electron chi connectivity index (χ4n) is 2.66. The Bertz CT molecular complexity index is 1130. The van der Waals surface area contributed by atoms with Crippen molar-refractivity contribution in [2.75, 3.05) is 5.32 Å². The second-order valence-corrected chi connectivity index (χ2v) is 6.63. The van der Waals surface area contributed by atoms with Gasteiger partial charge in [-0.25, -0.2) is 5.43 Å². The lowest BCUT2D eigenvalue weighted by molar-refractivity contribution is -0.114. The summed E-state index contributed by atoms with van der Waals surface area (Å²) in [7, 11) is 0. The molecule has 0 aliphatic rings. The number of amides is 2. The van der Waals surface area contributed by atoms with E-state index >= 15 is 0 Å². The van der Waals surface area contributed by atoms with E-state index in [1.165, 1.54) is 13.1 Å². The molecule has 0 spiro atoms. The van der Waals surface area contributed by atoms with E-state index in [4.69, 9.17) is 10.00 Å². The van der Waals surface area contributed by atoms with Crippen molar-refractivity contribution >= 4 is 23.7 Å². The number of nitriles is 1. The van der Waals surface area contributed by atoms with Gasteiger partial charge in [0.05, 0.1) is 17.8 Å². The predicted octanol–water partition coefficient (Wildman–Crippen LogP) is 3.86. The lowest BCUT2D eigenvalue weighted by Crippen LogP contribution is -2.18. The number of benzene rings is 3. The van der Waals surface area contributed by atoms with Gasteiger partial charge in [0.1, 0.15) is 12.4 Å². The van der Waals surface area contributed by atoms with Crippen LogP contribution in [0.2, 0.25) is 0 Å². The Balaban J connectivity index is 1.51. The van der Waals surface area contributed by atoms with E-state index in [1.807, 2.05) is 36.4 Å². The van der Waals surface area contributed by atoms with Crippen LogP contribution in [0, 0.1) is 11.3 Å². The van der Waals surface area contributed by atoms with Gasteiger partial charge in [0.15, 0.2) is 0 Å². The van der Waals surface area contributed by atoms with Crippen LogP contribution < -0.4 is 15.5 Å². The molecule has 0 aliphatic heterocycles. The van der Waals surface area contributed by atoms with E-state index in [0.717, 1.165) is 11.1 Å². The molecule has 3 rings (SSSR count). The second-order valence-electron chi connectivity index (χ2n) is 6.63. The highest BCUT2D eigenvalue weighted by molar-refractivity contribution is 5.97. The van der Waals surface area contributed by atoms with E-state index < -0.39 is 0 Å². The van der Waals surface area contributed by atoms with Gasteiger partial charge < -0.3 is 10.1 Å². The summed E-state index contributed by atoms with van der Waals surface area (Å²) in [5, 5.41) is 15.4. The van der Waals surface area contributed by atoms with Crippen LogP contribution in [0.1, 0.15) is 34.0 Å². The molecule has 0 unspecified atom stereocenters. The topological polar surface area (TPSA) is 104 Å². The number of anilines is 1. The standard InChI is InChI=1S/C24H20N4O3/c1-17(29)27-22-4-2-3-21(13-22)24(30)28-26-15-19-9-11-23(12-10-19)31-16-20-7-5-18(14-25)6-8-20/h2-13,15H,16H2,1H3,(H,27,29)(H,28,30). The summed E-state index contributed by atoms with van der Waals surface area (Å²) in [5.74, 6) is 0.103. The zero-order valence-corrected chi connectivity index (χ0v) is 16.8. The van der Waals surface area contributed by atoms with Crippen molar-refractivity contribution in [2.45, 2.75) is 13.5 Å². The Morgan fingerprint density at radius 3 is 2.48 bits per heavy atom. The maximum atomic E-state index is 12.2. The Hall–Kier alpha value is -4.44. The molecule has 0 saturated carbocycles. The number of carbonyl (C=O) groups excluding carboxylic acids is 2. The molecule has 0 atom stereocenters. The number of nitrogens with zero attached hydrogens (tertiary/aromatic N) is 2. The number of hydrogen-bond donors (Lipinski definition) is 2. The summed E-state index contributed by atoms with van der Waals surface area (Å²) < 4.78 is 5.73. The second kappa shape index (κ2) is 10.4. The van der Waals surface area contributed by atoms with E-state index in [1.54, 1.807) is 36.4 Å². The van der Waals surface area contributed by atoms with Gasteiger partial charge in [0, 0.05) is 18.2 Å². The molecule has 0 aromatic heterocycles. The normalized spacial score (nSPS) is 10.3. The van der Waals surface area contributed by atoms with Gasteiger partial charge in [-0.15, -0.1) is 0 Å². The SMILES string of the molecule is CC(=O)Nc1cccc(C(=O)NN=Cc2ccc(OCc3ccc(C#N)cc3)cc2)c1. The first kappa shape index (κ1) is 21.3. The number of hydrazone groups is 1. The summed E-state index contributed by atoms with van der Waals surface area (Å²) in [6, 6.07) is 23.1. The molecular weight excluding hydrogens is 392 g/mol. The maximum absolute atomic E-state index is 12.2. The van der Waals surface area contributed by atoms with E-state index in [9.17, 15) is 9.59 Å². The Kier molecular flexibility index (Phi) is 7.12. The number of hydrogen-bond acceptors (Lipinski definition) is 5. The molecule has 7 heteroatoms. The monoisotopic (exact) mass is 412 g/mol. The van der Waals surface area contributed by atoms with Crippen molar-refractivity contribution in [1.82, 2.24) is 5.43 Å². The van der Waals surface area contributed by atoms with Crippen LogP contribution in [0.25, 0.3) is 0 Å². The van der Waals surface area contributed by atoms with Crippen LogP contribution in [0.4, 0.5) is 5.69 Å². The lowest BCUT2D eigenvalue weighted by Gasteiger charge is -2.06. The van der Waals surface area contributed by atoms with Gasteiger partial charge in [-0.05, 0) is 65.7 Å². The zero-order chi connectivity index (χ0) is 22.1. The highest BCUT2D eigenvalue weighted by atomic mass is 16.5. The fourth-order valence-corrected chi connectivity index (χ4v) is 2.66. The largest absolute Gasteiger partial charge is 0.489 e. The van der Waals surface area contributed by atoms with Crippen molar-refractivity contribution in [3.63, 3.8) is 0 Å². The van der Waals surface area contributed by atoms with Crippen LogP contribution in [0.5, 0.6) is 5.75 Å². The quantitative estimate of drug-likeness (QED) is 0.454. The number of carbonyl (C=O) groups is 2. The Morgan fingerprint density at radius 2 is 1.81 bits per heavy atom. The third kappa shape index (κ3) is 6.54. The highest BCUT2D eigenvalue weighted by Crippen LogP contribution is 2.14. The van der Waals surface area contributed by atoms with Gasteiger partial charge in [-0.2, -0.15) is 10.4 Å². The van der Waals surface area contributed by atoms with Crippen LogP contribution in [0.3, 0.4) is 0 Å². The number of rotatable bonds is 7. The molecule has 0 radical (unpaired) electrons. The summed E-state index contributed by atoms with van der Waals surface area (Å²) >= 11 is 0. The van der Waals surface area contributed by atoms with Crippen molar-refractivity contribution in [2.24, 2.45) is 5.10 Å². The summed E-state index contributed by atoms with van der Waals surface area (Å²) in [6.45, 7) is 1.80. The molecule has 0 heterocycles. The molecule has 7 nitrogen and oxygen atoms in total. The van der Waals surface area contributed by atoms with Crippen molar-refractivity contribution in [1.29, 1.82) is 5.26 Å². The molecule has 3 aromatic carbocycles. The molecule has 0 saturated heterocycles. The van der Waals surface area contributed by atoms with Crippen LogP contribution in [-0.2, 0) is 11.4 Å². The minimum atomic E-state index is -0.383. The van der Waals surface area contributed by atoms with Crippen LogP contribution in [-0.4, -0.2) is 18.0 Å². The smallest absolute Gasteiger partial charge is 0.271 e. The minimum Gasteiger partial charge on any atom is -0.489 e. The van der Waals surface area contributed by atoms with Gasteiger partial charge >= 0.3 is 0 Å². The first-order valence-electron chi connectivity index (χ1n) is 9.46. The molecule has 0 fully saturated rings. The van der Waals surface area contributed by atoms with Gasteiger partial charge in [-0.3, -0.25) is 9.59 Å². The fraction of sp³-hybridized carbons (Fsp3) is 0.0833.